The topological polar surface area (TPSA) is 175 Å². The van der Waals surface area contributed by atoms with Gasteiger partial charge in [0.15, 0.2) is 0 Å². The number of hydrogen-bond donors (Lipinski definition) is 4. The highest BCUT2D eigenvalue weighted by Gasteiger charge is 2.32. The van der Waals surface area contributed by atoms with E-state index in [1.807, 2.05) is 35.7 Å². The van der Waals surface area contributed by atoms with Crippen LogP contribution in [0.5, 0.6) is 5.75 Å². The third-order valence-electron chi connectivity index (χ3n) is 7.14. The number of benzene rings is 1. The van der Waals surface area contributed by atoms with Crippen LogP contribution in [0.25, 0.3) is 22.3 Å². The maximum absolute atomic E-state index is 13.5. The van der Waals surface area contributed by atoms with Gasteiger partial charge in [-0.25, -0.2) is 15.0 Å². The first-order valence-electron chi connectivity index (χ1n) is 13.2. The molecule has 0 saturated carbocycles. The molecule has 2 aliphatic heterocycles. The smallest absolute Gasteiger partial charge is 0.295 e. The van der Waals surface area contributed by atoms with E-state index in [2.05, 4.69) is 20.5 Å². The van der Waals surface area contributed by atoms with Gasteiger partial charge < -0.3 is 29.0 Å². The Balaban J connectivity index is 1.19. The molecule has 5 N–H and O–H groups in total. The quantitative estimate of drug-likeness (QED) is 0.0617. The lowest BCUT2D eigenvalue weighted by molar-refractivity contribution is -0.127. The van der Waals surface area contributed by atoms with Crippen molar-refractivity contribution >= 4 is 45.6 Å². The zero-order chi connectivity index (χ0) is 29.2. The van der Waals surface area contributed by atoms with Crippen molar-refractivity contribution in [2.45, 2.75) is 6.29 Å². The van der Waals surface area contributed by atoms with Crippen molar-refractivity contribution in [2.24, 2.45) is 5.84 Å². The number of Topliss-reactive ketones (excluding diaryl/α,β-unsaturated/α-hetero) is 1. The fourth-order valence-electron chi connectivity index (χ4n) is 5.01. The van der Waals surface area contributed by atoms with Gasteiger partial charge in [0.1, 0.15) is 22.1 Å². The molecule has 42 heavy (non-hydrogen) atoms. The predicted octanol–water partition coefficient (Wildman–Crippen LogP) is 1.89. The predicted molar refractivity (Wildman–Crippen MR) is 155 cm³/mol. The monoisotopic (exact) mass is 591 g/mol. The van der Waals surface area contributed by atoms with Gasteiger partial charge in [-0.15, -0.1) is 11.3 Å². The Kier molecular flexibility index (Phi) is 7.82. The first-order valence-corrected chi connectivity index (χ1v) is 14.1. The van der Waals surface area contributed by atoms with Gasteiger partial charge >= 0.3 is 0 Å². The highest BCUT2D eigenvalue weighted by molar-refractivity contribution is 7.10. The Bertz CT molecular complexity index is 1610. The molecule has 15 heteroatoms. The van der Waals surface area contributed by atoms with Crippen molar-refractivity contribution < 1.29 is 23.8 Å². The standard InChI is InChI=1S/C27H29N9O5S/c1-39-19-14-31-21(18-15-42-24(32-18)26-40-11-12-41-26)22-20(19)17(13-30-22)23(37)25(38)34-7-9-35(10-8-34)27(28)36(33-29)16-5-3-2-4-6-16/h2-6,13-15,26,28,30,33H,7-12,29H2,1H3. The number of aromatic nitrogens is 3. The third kappa shape index (κ3) is 5.08. The summed E-state index contributed by atoms with van der Waals surface area (Å²) in [6, 6.07) is 9.23. The van der Waals surface area contributed by atoms with Gasteiger partial charge in [-0.3, -0.25) is 20.8 Å². The van der Waals surface area contributed by atoms with Gasteiger partial charge in [-0.05, 0) is 12.1 Å². The number of nitrogens with one attached hydrogen (secondary N) is 3. The summed E-state index contributed by atoms with van der Waals surface area (Å²) >= 11 is 1.39. The fraction of sp³-hybridized carbons (Fsp3) is 0.296. The summed E-state index contributed by atoms with van der Waals surface area (Å²) in [5, 5.41) is 13.0. The number of carbonyl (C=O) groups excluding carboxylic acids is 2. The van der Waals surface area contributed by atoms with Crippen LogP contribution in [-0.2, 0) is 14.3 Å². The molecule has 3 aromatic heterocycles. The van der Waals surface area contributed by atoms with Crippen molar-refractivity contribution in [3.05, 3.63) is 58.7 Å². The molecule has 0 spiro atoms. The van der Waals surface area contributed by atoms with Crippen LogP contribution in [0.4, 0.5) is 5.69 Å². The lowest BCUT2D eigenvalue weighted by Crippen LogP contribution is -2.59. The number of amides is 1. The largest absolute Gasteiger partial charge is 0.494 e. The number of hydrazine groups is 2. The molecule has 14 nitrogen and oxygen atoms in total. The number of fused-ring (bicyclic) bond motifs is 1. The SMILES string of the molecule is COc1cnc(-c2csc(C3OCCO3)n2)c2[nH]cc(C(=O)C(=O)N3CCN(C(=N)N(NN)c4ccccc4)CC3)c12. The van der Waals surface area contributed by atoms with Crippen molar-refractivity contribution in [3.63, 3.8) is 0 Å². The van der Waals surface area contributed by atoms with Crippen LogP contribution in [0.3, 0.4) is 0 Å². The summed E-state index contributed by atoms with van der Waals surface area (Å²) in [5.74, 6) is 4.89. The zero-order valence-electron chi connectivity index (χ0n) is 22.7. The molecule has 1 aromatic carbocycles. The minimum absolute atomic E-state index is 0.139. The number of piperazine rings is 1. The van der Waals surface area contributed by atoms with Gasteiger partial charge in [0.25, 0.3) is 11.7 Å². The molecule has 0 radical (unpaired) electrons. The molecule has 0 bridgehead atoms. The second kappa shape index (κ2) is 11.8. The number of thiazole rings is 1. The number of anilines is 1. The fourth-order valence-corrected chi connectivity index (χ4v) is 5.80. The van der Waals surface area contributed by atoms with Gasteiger partial charge in [-0.1, -0.05) is 18.2 Å². The van der Waals surface area contributed by atoms with E-state index < -0.39 is 18.0 Å². The summed E-state index contributed by atoms with van der Waals surface area (Å²) in [4.78, 5) is 42.5. The number of rotatable bonds is 7. The number of ether oxygens (including phenoxy) is 3. The van der Waals surface area contributed by atoms with E-state index >= 15 is 0 Å². The molecule has 2 saturated heterocycles. The van der Waals surface area contributed by atoms with Crippen LogP contribution in [0, 0.1) is 5.41 Å². The Morgan fingerprint density at radius 1 is 1.17 bits per heavy atom. The molecule has 4 aromatic rings. The van der Waals surface area contributed by atoms with Crippen molar-refractivity contribution in [2.75, 3.05) is 51.5 Å². The number of H-pyrrole nitrogens is 1. The summed E-state index contributed by atoms with van der Waals surface area (Å²) in [6.45, 7) is 2.26. The number of nitrogens with zero attached hydrogens (tertiary/aromatic N) is 5. The normalized spacial score (nSPS) is 15.8. The number of ketones is 1. The number of pyridine rings is 1. The Hall–Kier alpha value is -4.41. The van der Waals surface area contributed by atoms with Gasteiger partial charge in [-0.2, -0.15) is 5.53 Å². The lowest BCUT2D eigenvalue weighted by atomic mass is 10.1. The van der Waals surface area contributed by atoms with Crippen molar-refractivity contribution in [1.82, 2.24) is 30.3 Å². The molecule has 2 aliphatic rings. The molecule has 0 atom stereocenters. The van der Waals surface area contributed by atoms with Gasteiger partial charge in [0.05, 0.1) is 48.7 Å². The summed E-state index contributed by atoms with van der Waals surface area (Å²) in [6.07, 6.45) is 2.52. The van der Waals surface area contributed by atoms with E-state index in [1.165, 1.54) is 40.7 Å². The Morgan fingerprint density at radius 2 is 1.88 bits per heavy atom. The summed E-state index contributed by atoms with van der Waals surface area (Å²) in [5.41, 5.74) is 5.07. The van der Waals surface area contributed by atoms with Crippen LogP contribution in [0.1, 0.15) is 21.7 Å². The van der Waals surface area contributed by atoms with E-state index in [0.717, 1.165) is 0 Å². The van der Waals surface area contributed by atoms with Crippen LogP contribution in [0.2, 0.25) is 0 Å². The number of methoxy groups -OCH3 is 1. The minimum Gasteiger partial charge on any atom is -0.494 e. The highest BCUT2D eigenvalue weighted by atomic mass is 32.1. The maximum atomic E-state index is 13.5. The molecule has 0 unspecified atom stereocenters. The molecule has 218 valence electrons. The van der Waals surface area contributed by atoms with Crippen molar-refractivity contribution in [1.29, 1.82) is 5.41 Å². The molecule has 0 aliphatic carbocycles. The minimum atomic E-state index is -0.665. The van der Waals surface area contributed by atoms with E-state index in [4.69, 9.17) is 25.5 Å². The third-order valence-corrected chi connectivity index (χ3v) is 8.01. The van der Waals surface area contributed by atoms with Crippen LogP contribution < -0.4 is 21.1 Å². The Labute approximate surface area is 244 Å². The molecule has 6 rings (SSSR count). The average Bonchev–Trinajstić information content (AvgIpc) is 3.82. The molecule has 5 heterocycles. The van der Waals surface area contributed by atoms with E-state index in [0.29, 0.717) is 65.0 Å². The van der Waals surface area contributed by atoms with Crippen molar-refractivity contribution in [3.8, 4) is 17.1 Å². The maximum Gasteiger partial charge on any atom is 0.295 e. The van der Waals surface area contributed by atoms with Crippen LogP contribution in [-0.4, -0.2) is 88.9 Å². The molecule has 2 fully saturated rings. The zero-order valence-corrected chi connectivity index (χ0v) is 23.5. The number of guanidine groups is 1. The number of para-hydroxylation sites is 1. The average molecular weight is 592 g/mol. The summed E-state index contributed by atoms with van der Waals surface area (Å²) in [7, 11) is 1.48. The molecule has 1 amide bonds. The van der Waals surface area contributed by atoms with Gasteiger partial charge in [0.2, 0.25) is 12.2 Å². The molecular weight excluding hydrogens is 562 g/mol. The van der Waals surface area contributed by atoms with Gasteiger partial charge in [0, 0.05) is 37.8 Å². The number of carbonyl (C=O) groups is 2. The first-order chi connectivity index (χ1) is 20.5. The lowest BCUT2D eigenvalue weighted by Gasteiger charge is -2.38. The van der Waals surface area contributed by atoms with E-state index in [-0.39, 0.29) is 24.6 Å². The highest BCUT2D eigenvalue weighted by Crippen LogP contribution is 2.36. The second-order valence-electron chi connectivity index (χ2n) is 9.50. The Morgan fingerprint density at radius 3 is 2.57 bits per heavy atom. The number of aromatic amines is 1. The van der Waals surface area contributed by atoms with E-state index in [9.17, 15) is 9.59 Å². The van der Waals surface area contributed by atoms with E-state index in [1.54, 1.807) is 4.90 Å². The number of nitrogens with two attached hydrogens (primary N) is 1. The van der Waals surface area contributed by atoms with Crippen LogP contribution >= 0.6 is 11.3 Å². The summed E-state index contributed by atoms with van der Waals surface area (Å²) < 4.78 is 16.6. The first kappa shape index (κ1) is 27.7. The second-order valence-corrected chi connectivity index (χ2v) is 10.4. The van der Waals surface area contributed by atoms with Crippen LogP contribution in [0.15, 0.2) is 48.1 Å². The number of hydrogen-bond acceptors (Lipinski definition) is 11. The molecular formula is C27H29N9O5S.